The lowest BCUT2D eigenvalue weighted by Crippen LogP contribution is -2.47. The molecule has 1 fully saturated rings. The van der Waals surface area contributed by atoms with E-state index in [0.717, 1.165) is 25.2 Å². The van der Waals surface area contributed by atoms with Gasteiger partial charge in [-0.25, -0.2) is 0 Å². The van der Waals surface area contributed by atoms with E-state index in [9.17, 15) is 9.59 Å². The molecule has 1 aliphatic rings. The van der Waals surface area contributed by atoms with Crippen molar-refractivity contribution in [3.63, 3.8) is 0 Å². The molecule has 6 heteroatoms. The van der Waals surface area contributed by atoms with E-state index in [4.69, 9.17) is 5.73 Å². The fourth-order valence-corrected chi connectivity index (χ4v) is 2.39. The van der Waals surface area contributed by atoms with Crippen molar-refractivity contribution >= 4 is 24.2 Å². The molecule has 0 aromatic carbocycles. The second kappa shape index (κ2) is 8.32. The summed E-state index contributed by atoms with van der Waals surface area (Å²) in [6, 6.07) is 0.244. The normalized spacial score (nSPS) is 26.9. The Kier molecular flexibility index (Phi) is 7.95. The Morgan fingerprint density at radius 2 is 1.89 bits per heavy atom. The van der Waals surface area contributed by atoms with Gasteiger partial charge in [-0.15, -0.1) is 12.4 Å². The van der Waals surface area contributed by atoms with Crippen molar-refractivity contribution in [1.29, 1.82) is 0 Å². The van der Waals surface area contributed by atoms with Gasteiger partial charge in [0.1, 0.15) is 0 Å². The summed E-state index contributed by atoms with van der Waals surface area (Å²) >= 11 is 0. The number of carbonyl (C=O) groups is 2. The third-order valence-corrected chi connectivity index (χ3v) is 3.41. The first-order valence-corrected chi connectivity index (χ1v) is 6.29. The molecule has 3 unspecified atom stereocenters. The SMILES string of the molecule is CC1CCC(NC(=O)CNC(=O)CN)C(C)C1.Cl. The monoisotopic (exact) mass is 277 g/mol. The summed E-state index contributed by atoms with van der Waals surface area (Å²) in [5.41, 5.74) is 5.14. The summed E-state index contributed by atoms with van der Waals surface area (Å²) in [7, 11) is 0. The van der Waals surface area contributed by atoms with Crippen LogP contribution in [0.15, 0.2) is 0 Å². The van der Waals surface area contributed by atoms with Gasteiger partial charge in [-0.2, -0.15) is 0 Å². The zero-order chi connectivity index (χ0) is 12.8. The molecule has 4 N–H and O–H groups in total. The van der Waals surface area contributed by atoms with E-state index in [1.165, 1.54) is 0 Å². The van der Waals surface area contributed by atoms with Crippen LogP contribution in [0, 0.1) is 11.8 Å². The largest absolute Gasteiger partial charge is 0.352 e. The standard InChI is InChI=1S/C12H23N3O2.ClH/c1-8-3-4-10(9(2)5-8)15-12(17)7-14-11(16)6-13;/h8-10H,3-7,13H2,1-2H3,(H,14,16)(H,15,17);1H. The van der Waals surface area contributed by atoms with Crippen LogP contribution < -0.4 is 16.4 Å². The van der Waals surface area contributed by atoms with Gasteiger partial charge in [0.2, 0.25) is 11.8 Å². The van der Waals surface area contributed by atoms with Gasteiger partial charge in [0, 0.05) is 6.04 Å². The Labute approximate surface area is 115 Å². The molecule has 2 amide bonds. The Hall–Kier alpha value is -0.810. The van der Waals surface area contributed by atoms with E-state index >= 15 is 0 Å². The molecule has 0 radical (unpaired) electrons. The smallest absolute Gasteiger partial charge is 0.239 e. The number of amides is 2. The van der Waals surface area contributed by atoms with Crippen LogP contribution in [-0.2, 0) is 9.59 Å². The van der Waals surface area contributed by atoms with Crippen molar-refractivity contribution in [3.05, 3.63) is 0 Å². The highest BCUT2D eigenvalue weighted by molar-refractivity contribution is 5.85. The maximum atomic E-state index is 11.6. The zero-order valence-corrected chi connectivity index (χ0v) is 11.9. The molecule has 0 aromatic rings. The number of hydrogen-bond acceptors (Lipinski definition) is 3. The molecule has 106 valence electrons. The van der Waals surface area contributed by atoms with Crippen molar-refractivity contribution in [3.8, 4) is 0 Å². The molecule has 0 aliphatic heterocycles. The number of hydrogen-bond donors (Lipinski definition) is 3. The predicted octanol–water partition coefficient (Wildman–Crippen LogP) is 0.424. The minimum Gasteiger partial charge on any atom is -0.352 e. The molecule has 3 atom stereocenters. The number of nitrogens with two attached hydrogens (primary N) is 1. The van der Waals surface area contributed by atoms with E-state index in [1.807, 2.05) is 0 Å². The van der Waals surface area contributed by atoms with E-state index in [0.29, 0.717) is 5.92 Å². The summed E-state index contributed by atoms with van der Waals surface area (Å²) in [5, 5.41) is 5.44. The lowest BCUT2D eigenvalue weighted by atomic mass is 9.80. The number of halogens is 1. The first-order valence-electron chi connectivity index (χ1n) is 6.29. The van der Waals surface area contributed by atoms with Crippen LogP contribution in [-0.4, -0.2) is 30.9 Å². The molecular weight excluding hydrogens is 254 g/mol. The lowest BCUT2D eigenvalue weighted by Gasteiger charge is -2.33. The van der Waals surface area contributed by atoms with Gasteiger partial charge in [0.05, 0.1) is 13.1 Å². The summed E-state index contributed by atoms with van der Waals surface area (Å²) in [6.07, 6.45) is 3.34. The van der Waals surface area contributed by atoms with E-state index < -0.39 is 0 Å². The topological polar surface area (TPSA) is 84.2 Å². The summed E-state index contributed by atoms with van der Waals surface area (Å²) in [4.78, 5) is 22.5. The number of carbonyl (C=O) groups excluding carboxylic acids is 2. The molecule has 1 saturated carbocycles. The van der Waals surface area contributed by atoms with Crippen LogP contribution in [0.2, 0.25) is 0 Å². The van der Waals surface area contributed by atoms with Gasteiger partial charge in [0.15, 0.2) is 0 Å². The van der Waals surface area contributed by atoms with Crippen LogP contribution in [0.1, 0.15) is 33.1 Å². The molecule has 18 heavy (non-hydrogen) atoms. The molecular formula is C12H24ClN3O2. The maximum absolute atomic E-state index is 11.6. The Morgan fingerprint density at radius 1 is 1.22 bits per heavy atom. The number of nitrogens with one attached hydrogen (secondary N) is 2. The second-order valence-corrected chi connectivity index (χ2v) is 5.05. The van der Waals surface area contributed by atoms with Crippen molar-refractivity contribution in [1.82, 2.24) is 10.6 Å². The molecule has 1 aliphatic carbocycles. The van der Waals surface area contributed by atoms with Crippen LogP contribution >= 0.6 is 12.4 Å². The molecule has 0 aromatic heterocycles. The fourth-order valence-electron chi connectivity index (χ4n) is 2.39. The average molecular weight is 278 g/mol. The van der Waals surface area contributed by atoms with Crippen LogP contribution in [0.25, 0.3) is 0 Å². The molecule has 0 spiro atoms. The lowest BCUT2D eigenvalue weighted by molar-refractivity contribution is -0.126. The average Bonchev–Trinajstić information content (AvgIpc) is 2.29. The Balaban J connectivity index is 0.00000289. The molecule has 0 bridgehead atoms. The van der Waals surface area contributed by atoms with E-state index in [2.05, 4.69) is 24.5 Å². The summed E-state index contributed by atoms with van der Waals surface area (Å²) in [6.45, 7) is 4.36. The van der Waals surface area contributed by atoms with Gasteiger partial charge >= 0.3 is 0 Å². The highest BCUT2D eigenvalue weighted by Gasteiger charge is 2.26. The minimum absolute atomic E-state index is 0. The molecule has 1 rings (SSSR count). The van der Waals surface area contributed by atoms with Crippen LogP contribution in [0.5, 0.6) is 0 Å². The van der Waals surface area contributed by atoms with Gasteiger partial charge < -0.3 is 16.4 Å². The van der Waals surface area contributed by atoms with Crippen LogP contribution in [0.4, 0.5) is 0 Å². The Bertz CT molecular complexity index is 286. The summed E-state index contributed by atoms with van der Waals surface area (Å²) in [5.74, 6) is 0.826. The quantitative estimate of drug-likeness (QED) is 0.696. The van der Waals surface area contributed by atoms with Gasteiger partial charge in [-0.3, -0.25) is 9.59 Å². The van der Waals surface area contributed by atoms with Gasteiger partial charge in [0.25, 0.3) is 0 Å². The van der Waals surface area contributed by atoms with Gasteiger partial charge in [-0.05, 0) is 31.1 Å². The van der Waals surface area contributed by atoms with Gasteiger partial charge in [-0.1, -0.05) is 13.8 Å². The van der Waals surface area contributed by atoms with Crippen molar-refractivity contribution in [2.45, 2.75) is 39.2 Å². The maximum Gasteiger partial charge on any atom is 0.239 e. The predicted molar refractivity (Wildman–Crippen MR) is 73.4 cm³/mol. The zero-order valence-electron chi connectivity index (χ0n) is 11.1. The van der Waals surface area contributed by atoms with Crippen molar-refractivity contribution in [2.24, 2.45) is 17.6 Å². The third kappa shape index (κ3) is 5.69. The third-order valence-electron chi connectivity index (χ3n) is 3.41. The highest BCUT2D eigenvalue weighted by Crippen LogP contribution is 2.28. The van der Waals surface area contributed by atoms with Crippen molar-refractivity contribution < 1.29 is 9.59 Å². The van der Waals surface area contributed by atoms with Crippen molar-refractivity contribution in [2.75, 3.05) is 13.1 Å². The molecule has 5 nitrogen and oxygen atoms in total. The molecule has 0 heterocycles. The first-order chi connectivity index (χ1) is 8.02. The minimum atomic E-state index is -0.300. The van der Waals surface area contributed by atoms with Crippen LogP contribution in [0.3, 0.4) is 0 Å². The van der Waals surface area contributed by atoms with E-state index in [-0.39, 0.29) is 43.4 Å². The molecule has 0 saturated heterocycles. The number of rotatable bonds is 4. The first kappa shape index (κ1) is 17.2. The fraction of sp³-hybridized carbons (Fsp3) is 0.833. The summed E-state index contributed by atoms with van der Waals surface area (Å²) < 4.78 is 0. The Morgan fingerprint density at radius 3 is 2.44 bits per heavy atom. The second-order valence-electron chi connectivity index (χ2n) is 5.05. The van der Waals surface area contributed by atoms with E-state index in [1.54, 1.807) is 0 Å². The highest BCUT2D eigenvalue weighted by atomic mass is 35.5.